The van der Waals surface area contributed by atoms with Gasteiger partial charge in [0.15, 0.2) is 5.69 Å². The summed E-state index contributed by atoms with van der Waals surface area (Å²) in [5, 5.41) is 9.36. The number of carbonyl (C=O) groups is 2. The fraction of sp³-hybridized carbons (Fsp3) is 0.267. The molecule has 116 valence electrons. The molecule has 0 unspecified atom stereocenters. The van der Waals surface area contributed by atoms with Crippen molar-refractivity contribution in [3.63, 3.8) is 0 Å². The molecule has 22 heavy (non-hydrogen) atoms. The van der Waals surface area contributed by atoms with E-state index in [2.05, 4.69) is 15.7 Å². The van der Waals surface area contributed by atoms with Crippen LogP contribution >= 0.6 is 0 Å². The number of nitrogens with one attached hydrogen (secondary N) is 2. The molecule has 2 N–H and O–H groups in total. The van der Waals surface area contributed by atoms with E-state index in [1.165, 1.54) is 14.2 Å². The Labute approximate surface area is 128 Å². The number of amides is 2. The molecule has 0 saturated carbocycles. The molecular formula is C15H18N4O3. The van der Waals surface area contributed by atoms with Gasteiger partial charge in [0.1, 0.15) is 5.75 Å². The average molecular weight is 302 g/mol. The molecule has 0 aliphatic rings. The van der Waals surface area contributed by atoms with E-state index in [1.54, 1.807) is 35.1 Å². The van der Waals surface area contributed by atoms with E-state index in [9.17, 15) is 9.59 Å². The molecular weight excluding hydrogens is 284 g/mol. The number of para-hydroxylation sites is 1. The van der Waals surface area contributed by atoms with Crippen LogP contribution in [0.15, 0.2) is 30.5 Å². The maximum Gasteiger partial charge on any atom is 0.273 e. The van der Waals surface area contributed by atoms with Gasteiger partial charge < -0.3 is 15.4 Å². The molecule has 2 aromatic rings. The number of rotatable bonds is 5. The fourth-order valence-corrected chi connectivity index (χ4v) is 1.98. The Bertz CT molecular complexity index is 694. The molecule has 2 rings (SSSR count). The highest BCUT2D eigenvalue weighted by atomic mass is 16.5. The third kappa shape index (κ3) is 3.08. The second kappa shape index (κ2) is 6.75. The minimum Gasteiger partial charge on any atom is -0.496 e. The zero-order valence-electron chi connectivity index (χ0n) is 12.7. The smallest absolute Gasteiger partial charge is 0.273 e. The van der Waals surface area contributed by atoms with Crippen molar-refractivity contribution in [3.05, 3.63) is 41.7 Å². The lowest BCUT2D eigenvalue weighted by molar-refractivity contribution is 0.0958. The number of aryl methyl sites for hydroxylation is 1. The Balaban J connectivity index is 2.32. The van der Waals surface area contributed by atoms with E-state index in [0.717, 1.165) is 0 Å². The van der Waals surface area contributed by atoms with Gasteiger partial charge in [0, 0.05) is 19.8 Å². The number of ether oxygens (including phenoxy) is 1. The molecule has 1 aromatic carbocycles. The standard InChI is InChI=1S/C15H18N4O3/c1-4-19-9-11(13(18-19)15(21)16-2)17-14(20)10-7-5-6-8-12(10)22-3/h5-9H,4H2,1-3H3,(H,16,21)(H,17,20). The van der Waals surface area contributed by atoms with Gasteiger partial charge in [-0.2, -0.15) is 5.10 Å². The summed E-state index contributed by atoms with van der Waals surface area (Å²) in [4.78, 5) is 24.2. The fourth-order valence-electron chi connectivity index (χ4n) is 1.98. The van der Waals surface area contributed by atoms with Crippen LogP contribution in [-0.4, -0.2) is 35.8 Å². The lowest BCUT2D eigenvalue weighted by atomic mass is 10.2. The maximum absolute atomic E-state index is 12.4. The van der Waals surface area contributed by atoms with Gasteiger partial charge in [-0.25, -0.2) is 0 Å². The summed E-state index contributed by atoms with van der Waals surface area (Å²) in [5.74, 6) is -0.259. The first-order valence-corrected chi connectivity index (χ1v) is 6.84. The monoisotopic (exact) mass is 302 g/mol. The van der Waals surface area contributed by atoms with Gasteiger partial charge in [0.25, 0.3) is 11.8 Å². The third-order valence-electron chi connectivity index (χ3n) is 3.13. The number of benzene rings is 1. The summed E-state index contributed by atoms with van der Waals surface area (Å²) in [6, 6.07) is 6.87. The Kier molecular flexibility index (Phi) is 4.77. The molecule has 0 atom stereocenters. The van der Waals surface area contributed by atoms with E-state index in [-0.39, 0.29) is 17.5 Å². The van der Waals surface area contributed by atoms with E-state index in [4.69, 9.17) is 4.74 Å². The Morgan fingerprint density at radius 1 is 1.27 bits per heavy atom. The second-order valence-electron chi connectivity index (χ2n) is 4.48. The van der Waals surface area contributed by atoms with Crippen molar-refractivity contribution in [1.29, 1.82) is 0 Å². The van der Waals surface area contributed by atoms with Crippen molar-refractivity contribution in [2.24, 2.45) is 0 Å². The zero-order chi connectivity index (χ0) is 16.1. The van der Waals surface area contributed by atoms with Gasteiger partial charge in [-0.15, -0.1) is 0 Å². The van der Waals surface area contributed by atoms with Crippen molar-refractivity contribution < 1.29 is 14.3 Å². The number of anilines is 1. The van der Waals surface area contributed by atoms with Crippen molar-refractivity contribution in [2.75, 3.05) is 19.5 Å². The first-order chi connectivity index (χ1) is 10.6. The molecule has 0 aliphatic carbocycles. The van der Waals surface area contributed by atoms with Crippen molar-refractivity contribution >= 4 is 17.5 Å². The van der Waals surface area contributed by atoms with Crippen LogP contribution in [0.2, 0.25) is 0 Å². The average Bonchev–Trinajstić information content (AvgIpc) is 2.96. The summed E-state index contributed by atoms with van der Waals surface area (Å²) in [5.41, 5.74) is 0.918. The molecule has 0 saturated heterocycles. The second-order valence-corrected chi connectivity index (χ2v) is 4.48. The molecule has 0 aliphatic heterocycles. The molecule has 0 radical (unpaired) electrons. The third-order valence-corrected chi connectivity index (χ3v) is 3.13. The highest BCUT2D eigenvalue weighted by Gasteiger charge is 2.19. The molecule has 1 aromatic heterocycles. The van der Waals surface area contributed by atoms with Crippen molar-refractivity contribution in [3.8, 4) is 5.75 Å². The van der Waals surface area contributed by atoms with Crippen molar-refractivity contribution in [2.45, 2.75) is 13.5 Å². The van der Waals surface area contributed by atoms with Gasteiger partial charge in [0.2, 0.25) is 0 Å². The topological polar surface area (TPSA) is 85.2 Å². The lowest BCUT2D eigenvalue weighted by Gasteiger charge is -2.08. The molecule has 0 bridgehead atoms. The largest absolute Gasteiger partial charge is 0.496 e. The summed E-state index contributed by atoms with van der Waals surface area (Å²) < 4.78 is 6.75. The normalized spacial score (nSPS) is 10.1. The number of nitrogens with zero attached hydrogens (tertiary/aromatic N) is 2. The van der Waals surface area contributed by atoms with Gasteiger partial charge in [-0.3, -0.25) is 14.3 Å². The molecule has 7 heteroatoms. The van der Waals surface area contributed by atoms with E-state index >= 15 is 0 Å². The number of aromatic nitrogens is 2. The Morgan fingerprint density at radius 3 is 2.64 bits per heavy atom. The van der Waals surface area contributed by atoms with Gasteiger partial charge in [0.05, 0.1) is 18.4 Å². The molecule has 0 spiro atoms. The van der Waals surface area contributed by atoms with Gasteiger partial charge in [-0.05, 0) is 19.1 Å². The molecule has 1 heterocycles. The lowest BCUT2D eigenvalue weighted by Crippen LogP contribution is -2.21. The van der Waals surface area contributed by atoms with Crippen LogP contribution in [-0.2, 0) is 6.54 Å². The SMILES string of the molecule is CCn1cc(NC(=O)c2ccccc2OC)c(C(=O)NC)n1. The molecule has 7 nitrogen and oxygen atoms in total. The highest BCUT2D eigenvalue weighted by Crippen LogP contribution is 2.20. The van der Waals surface area contributed by atoms with E-state index in [0.29, 0.717) is 23.5 Å². The van der Waals surface area contributed by atoms with Crippen LogP contribution in [0, 0.1) is 0 Å². The highest BCUT2D eigenvalue weighted by molar-refractivity contribution is 6.09. The molecule has 2 amide bonds. The van der Waals surface area contributed by atoms with Gasteiger partial charge in [-0.1, -0.05) is 12.1 Å². The maximum atomic E-state index is 12.4. The molecule has 0 fully saturated rings. The first-order valence-electron chi connectivity index (χ1n) is 6.84. The Hall–Kier alpha value is -2.83. The summed E-state index contributed by atoms with van der Waals surface area (Å²) in [7, 11) is 3.01. The van der Waals surface area contributed by atoms with Crippen LogP contribution in [0.5, 0.6) is 5.75 Å². The van der Waals surface area contributed by atoms with Crippen LogP contribution in [0.4, 0.5) is 5.69 Å². The summed E-state index contributed by atoms with van der Waals surface area (Å²) >= 11 is 0. The Morgan fingerprint density at radius 2 is 2.00 bits per heavy atom. The predicted molar refractivity (Wildman–Crippen MR) is 82.2 cm³/mol. The minimum atomic E-state index is -0.363. The van der Waals surface area contributed by atoms with Crippen LogP contribution in [0.3, 0.4) is 0 Å². The quantitative estimate of drug-likeness (QED) is 0.877. The number of hydrogen-bond acceptors (Lipinski definition) is 4. The summed E-state index contributed by atoms with van der Waals surface area (Å²) in [6.07, 6.45) is 1.62. The van der Waals surface area contributed by atoms with Crippen LogP contribution < -0.4 is 15.4 Å². The summed E-state index contributed by atoms with van der Waals surface area (Å²) in [6.45, 7) is 2.49. The van der Waals surface area contributed by atoms with Gasteiger partial charge >= 0.3 is 0 Å². The van der Waals surface area contributed by atoms with Crippen LogP contribution in [0.25, 0.3) is 0 Å². The van der Waals surface area contributed by atoms with Crippen LogP contribution in [0.1, 0.15) is 27.8 Å². The minimum absolute atomic E-state index is 0.174. The number of carbonyl (C=O) groups excluding carboxylic acids is 2. The van der Waals surface area contributed by atoms with E-state index < -0.39 is 0 Å². The number of hydrogen-bond donors (Lipinski definition) is 2. The van der Waals surface area contributed by atoms with E-state index in [1.807, 2.05) is 6.92 Å². The number of methoxy groups -OCH3 is 1. The van der Waals surface area contributed by atoms with Crippen molar-refractivity contribution in [1.82, 2.24) is 15.1 Å². The predicted octanol–water partition coefficient (Wildman–Crippen LogP) is 1.52. The zero-order valence-corrected chi connectivity index (χ0v) is 12.7. The first kappa shape index (κ1) is 15.6.